The van der Waals surface area contributed by atoms with E-state index in [1.165, 1.54) is 12.1 Å². The molecule has 30 heavy (non-hydrogen) atoms. The highest BCUT2D eigenvalue weighted by atomic mass is 35.5. The molecule has 0 aliphatic carbocycles. The second kappa shape index (κ2) is 11.0. The van der Waals surface area contributed by atoms with Gasteiger partial charge in [-0.25, -0.2) is 0 Å². The van der Waals surface area contributed by atoms with Crippen molar-refractivity contribution in [1.29, 1.82) is 0 Å². The van der Waals surface area contributed by atoms with Crippen LogP contribution in [0.2, 0.25) is 10.0 Å². The highest BCUT2D eigenvalue weighted by Crippen LogP contribution is 2.22. The van der Waals surface area contributed by atoms with Gasteiger partial charge in [-0.05, 0) is 48.7 Å². The van der Waals surface area contributed by atoms with Crippen LogP contribution in [-0.2, 0) is 9.59 Å². The first kappa shape index (κ1) is 23.7. The molecule has 1 unspecified atom stereocenters. The summed E-state index contributed by atoms with van der Waals surface area (Å²) in [6.07, 6.45) is 0.793. The zero-order valence-electron chi connectivity index (χ0n) is 17.1. The van der Waals surface area contributed by atoms with Crippen LogP contribution in [0.5, 0.6) is 0 Å². The van der Waals surface area contributed by atoms with Crippen LogP contribution in [0.15, 0.2) is 42.5 Å². The molecule has 0 saturated carbocycles. The van der Waals surface area contributed by atoms with Crippen LogP contribution in [0.25, 0.3) is 0 Å². The van der Waals surface area contributed by atoms with Crippen molar-refractivity contribution in [1.82, 2.24) is 5.32 Å². The van der Waals surface area contributed by atoms with E-state index in [1.807, 2.05) is 13.8 Å². The van der Waals surface area contributed by atoms with E-state index in [0.717, 1.165) is 0 Å². The van der Waals surface area contributed by atoms with E-state index in [2.05, 4.69) is 16.0 Å². The molecule has 0 radical (unpaired) electrons. The largest absolute Gasteiger partial charge is 0.340 e. The Morgan fingerprint density at radius 2 is 1.63 bits per heavy atom. The molecule has 0 heterocycles. The van der Waals surface area contributed by atoms with Crippen LogP contribution in [0.1, 0.15) is 44.0 Å². The number of nitrogens with one attached hydrogen (secondary N) is 3. The first-order valence-electron chi connectivity index (χ1n) is 9.66. The molecular formula is C22H25Cl2N3O3. The second-order valence-corrected chi connectivity index (χ2v) is 8.10. The Kier molecular flexibility index (Phi) is 8.69. The summed E-state index contributed by atoms with van der Waals surface area (Å²) in [6, 6.07) is 10.6. The van der Waals surface area contributed by atoms with Gasteiger partial charge in [-0.3, -0.25) is 14.4 Å². The minimum Gasteiger partial charge on any atom is -0.340 e. The number of halogens is 2. The van der Waals surface area contributed by atoms with Gasteiger partial charge < -0.3 is 16.0 Å². The third kappa shape index (κ3) is 7.04. The number of hydrogen-bond acceptors (Lipinski definition) is 3. The maximum atomic E-state index is 12.9. The van der Waals surface area contributed by atoms with Crippen LogP contribution < -0.4 is 16.0 Å². The molecule has 1 atom stereocenters. The van der Waals surface area contributed by atoms with Crippen LogP contribution in [0.4, 0.5) is 11.4 Å². The van der Waals surface area contributed by atoms with E-state index in [1.54, 1.807) is 37.3 Å². The summed E-state index contributed by atoms with van der Waals surface area (Å²) in [5.41, 5.74) is 1.34. The van der Waals surface area contributed by atoms with Gasteiger partial charge in [0.25, 0.3) is 5.91 Å². The zero-order chi connectivity index (χ0) is 22.3. The van der Waals surface area contributed by atoms with Gasteiger partial charge in [-0.15, -0.1) is 0 Å². The number of benzene rings is 2. The number of rotatable bonds is 8. The lowest BCUT2D eigenvalue weighted by atomic mass is 10.0. The van der Waals surface area contributed by atoms with E-state index in [9.17, 15) is 14.4 Å². The summed E-state index contributed by atoms with van der Waals surface area (Å²) in [5.74, 6) is -0.775. The molecule has 3 N–H and O–H groups in total. The molecule has 0 aliphatic rings. The smallest absolute Gasteiger partial charge is 0.253 e. The van der Waals surface area contributed by atoms with E-state index in [-0.39, 0.29) is 28.3 Å². The van der Waals surface area contributed by atoms with Crippen LogP contribution in [-0.4, -0.2) is 23.8 Å². The van der Waals surface area contributed by atoms with Gasteiger partial charge in [0.2, 0.25) is 11.8 Å². The van der Waals surface area contributed by atoms with Crippen molar-refractivity contribution in [3.8, 4) is 0 Å². The van der Waals surface area contributed by atoms with Crippen LogP contribution >= 0.6 is 23.2 Å². The number of anilines is 2. The Bertz CT molecular complexity index is 932. The van der Waals surface area contributed by atoms with E-state index in [0.29, 0.717) is 29.2 Å². The fourth-order valence-electron chi connectivity index (χ4n) is 2.77. The van der Waals surface area contributed by atoms with Gasteiger partial charge in [0.05, 0.1) is 10.6 Å². The monoisotopic (exact) mass is 449 g/mol. The minimum absolute atomic E-state index is 0.122. The third-order valence-electron chi connectivity index (χ3n) is 4.24. The average molecular weight is 450 g/mol. The Morgan fingerprint density at radius 3 is 2.23 bits per heavy atom. The normalized spacial score (nSPS) is 11.7. The molecule has 0 saturated heterocycles. The lowest BCUT2D eigenvalue weighted by Crippen LogP contribution is -2.44. The number of carbonyl (C=O) groups is 3. The van der Waals surface area contributed by atoms with Crippen molar-refractivity contribution >= 4 is 52.3 Å². The lowest BCUT2D eigenvalue weighted by Gasteiger charge is -2.21. The summed E-state index contributed by atoms with van der Waals surface area (Å²) in [6.45, 7) is 5.68. The Balaban J connectivity index is 2.14. The molecule has 0 aliphatic heterocycles. The molecule has 2 aromatic rings. The highest BCUT2D eigenvalue weighted by molar-refractivity contribution is 6.36. The van der Waals surface area contributed by atoms with Crippen molar-refractivity contribution in [2.75, 3.05) is 10.6 Å². The maximum absolute atomic E-state index is 12.9. The van der Waals surface area contributed by atoms with Crippen molar-refractivity contribution in [3.63, 3.8) is 0 Å². The fraction of sp³-hybridized carbons (Fsp3) is 0.318. The zero-order valence-corrected chi connectivity index (χ0v) is 18.6. The summed E-state index contributed by atoms with van der Waals surface area (Å²) in [5, 5.41) is 8.93. The molecule has 6 nitrogen and oxygen atoms in total. The molecule has 0 spiro atoms. The molecule has 2 aromatic carbocycles. The van der Waals surface area contributed by atoms with Crippen LogP contribution in [0, 0.1) is 5.92 Å². The van der Waals surface area contributed by atoms with E-state index in [4.69, 9.17) is 23.2 Å². The predicted octanol–water partition coefficient (Wildman–Crippen LogP) is 5.13. The summed E-state index contributed by atoms with van der Waals surface area (Å²) < 4.78 is 0. The number of hydrogen-bond donors (Lipinski definition) is 3. The van der Waals surface area contributed by atoms with Crippen molar-refractivity contribution in [3.05, 3.63) is 58.1 Å². The van der Waals surface area contributed by atoms with Crippen molar-refractivity contribution < 1.29 is 14.4 Å². The summed E-state index contributed by atoms with van der Waals surface area (Å²) in [4.78, 5) is 37.1. The Morgan fingerprint density at radius 1 is 0.967 bits per heavy atom. The minimum atomic E-state index is -0.766. The molecule has 160 valence electrons. The van der Waals surface area contributed by atoms with Gasteiger partial charge in [-0.1, -0.05) is 50.0 Å². The quantitative estimate of drug-likeness (QED) is 0.522. The molecular weight excluding hydrogens is 425 g/mol. The topological polar surface area (TPSA) is 87.3 Å². The van der Waals surface area contributed by atoms with Gasteiger partial charge in [-0.2, -0.15) is 0 Å². The summed E-state index contributed by atoms with van der Waals surface area (Å²) >= 11 is 12.0. The lowest BCUT2D eigenvalue weighted by molar-refractivity contribution is -0.118. The third-order valence-corrected chi connectivity index (χ3v) is 4.79. The van der Waals surface area contributed by atoms with Gasteiger partial charge >= 0.3 is 0 Å². The molecule has 0 aromatic heterocycles. The van der Waals surface area contributed by atoms with Gasteiger partial charge in [0, 0.05) is 22.8 Å². The van der Waals surface area contributed by atoms with Crippen LogP contribution in [0.3, 0.4) is 0 Å². The highest BCUT2D eigenvalue weighted by Gasteiger charge is 2.24. The van der Waals surface area contributed by atoms with Crippen molar-refractivity contribution in [2.24, 2.45) is 5.92 Å². The predicted molar refractivity (Wildman–Crippen MR) is 121 cm³/mol. The van der Waals surface area contributed by atoms with E-state index >= 15 is 0 Å². The second-order valence-electron chi connectivity index (χ2n) is 7.25. The maximum Gasteiger partial charge on any atom is 0.253 e. The molecule has 3 amide bonds. The van der Waals surface area contributed by atoms with Gasteiger partial charge in [0.1, 0.15) is 6.04 Å². The molecule has 0 fully saturated rings. The summed E-state index contributed by atoms with van der Waals surface area (Å²) in [7, 11) is 0. The first-order valence-corrected chi connectivity index (χ1v) is 10.4. The molecule has 0 bridgehead atoms. The van der Waals surface area contributed by atoms with E-state index < -0.39 is 11.9 Å². The first-order chi connectivity index (χ1) is 14.2. The number of carbonyl (C=O) groups excluding carboxylic acids is 3. The Hall–Kier alpha value is -2.57. The standard InChI is InChI=1S/C22H25Cl2N3O3/c1-4-20(28)25-15-6-5-7-16(12-15)26-22(30)19(10-13(2)3)27-21(29)17-9-8-14(23)11-18(17)24/h5-9,11-13,19H,4,10H2,1-3H3,(H,25,28)(H,26,30)(H,27,29). The number of amides is 3. The molecule has 8 heteroatoms. The molecule has 2 rings (SSSR count). The fourth-order valence-corrected chi connectivity index (χ4v) is 3.26. The average Bonchev–Trinajstić information content (AvgIpc) is 2.67. The SMILES string of the molecule is CCC(=O)Nc1cccc(NC(=O)C(CC(C)C)NC(=O)c2ccc(Cl)cc2Cl)c1. The van der Waals surface area contributed by atoms with Gasteiger partial charge in [0.15, 0.2) is 0 Å². The Labute approximate surface area is 186 Å². The van der Waals surface area contributed by atoms with Crippen molar-refractivity contribution in [2.45, 2.75) is 39.7 Å².